The molecule has 1 amide bonds. The van der Waals surface area contributed by atoms with Gasteiger partial charge in [-0.05, 0) is 76.6 Å². The molecule has 0 radical (unpaired) electrons. The monoisotopic (exact) mass is 759 g/mol. The van der Waals surface area contributed by atoms with Crippen LogP contribution in [0.2, 0.25) is 0 Å². The van der Waals surface area contributed by atoms with E-state index in [1.165, 1.54) is 0 Å². The Morgan fingerprint density at radius 2 is 1.74 bits per heavy atom. The lowest BCUT2D eigenvalue weighted by molar-refractivity contribution is -0.298. The fourth-order valence-electron chi connectivity index (χ4n) is 7.26. The molecule has 3 aliphatic carbocycles. The van der Waals surface area contributed by atoms with Crippen LogP contribution in [-0.4, -0.2) is 130 Å². The Balaban J connectivity index is 1.11. The summed E-state index contributed by atoms with van der Waals surface area (Å²) in [6.45, 7) is 4.28. The largest absolute Gasteiger partial charge is 0.460 e. The Bertz CT molecular complexity index is 1550. The van der Waals surface area contributed by atoms with Gasteiger partial charge < -0.3 is 59.3 Å². The molecule has 5 aliphatic rings. The normalized spacial score (nSPS) is 31.4. The van der Waals surface area contributed by atoms with Crippen LogP contribution in [0.5, 0.6) is 0 Å². The molecule has 4 fully saturated rings. The summed E-state index contributed by atoms with van der Waals surface area (Å²) in [6, 6.07) is 5.97. The lowest BCUT2D eigenvalue weighted by atomic mass is 9.91. The van der Waals surface area contributed by atoms with Crippen molar-refractivity contribution in [2.45, 2.75) is 132 Å². The van der Waals surface area contributed by atoms with Crippen LogP contribution in [0.3, 0.4) is 0 Å². The molecule has 0 bridgehead atoms. The fourth-order valence-corrected chi connectivity index (χ4v) is 7.26. The van der Waals surface area contributed by atoms with Gasteiger partial charge in [0.15, 0.2) is 12.1 Å². The second-order valence-electron chi connectivity index (χ2n) is 15.8. The van der Waals surface area contributed by atoms with Crippen molar-refractivity contribution in [1.82, 2.24) is 5.32 Å². The van der Waals surface area contributed by atoms with Crippen LogP contribution in [0, 0.1) is 11.8 Å². The lowest BCUT2D eigenvalue weighted by Gasteiger charge is -2.39. The molecule has 2 saturated carbocycles. The van der Waals surface area contributed by atoms with Crippen molar-refractivity contribution >= 4 is 23.9 Å². The zero-order valence-electron chi connectivity index (χ0n) is 30.9. The van der Waals surface area contributed by atoms with Gasteiger partial charge in [0.25, 0.3) is 0 Å². The number of hydrogen-bond donors (Lipinski definition) is 6. The van der Waals surface area contributed by atoms with E-state index in [0.717, 1.165) is 25.7 Å². The number of aliphatic hydroxyl groups excluding tert-OH is 5. The quantitative estimate of drug-likeness (QED) is 0.139. The summed E-state index contributed by atoms with van der Waals surface area (Å²) >= 11 is 0. The number of rotatable bonds is 15. The van der Waals surface area contributed by atoms with Crippen molar-refractivity contribution in [3.63, 3.8) is 0 Å². The molecule has 54 heavy (non-hydrogen) atoms. The SMILES string of the molecule is CC(C)(C)OC(=O)CC[C@@H](CO)NC(=O)C1=C[C@H]2OC(C3CC3)(C3CC3)O[C@H]2[C@H](OC(=O)c2cccc(C=CCO[C@H]3O[C@H](CO)[C@H](O)[C@H](O)[C@H]3O)c2)C1. The summed E-state index contributed by atoms with van der Waals surface area (Å²) in [4.78, 5) is 39.6. The van der Waals surface area contributed by atoms with Crippen molar-refractivity contribution < 1.29 is 68.3 Å². The van der Waals surface area contributed by atoms with E-state index in [0.29, 0.717) is 11.1 Å². The van der Waals surface area contributed by atoms with Crippen LogP contribution in [0.25, 0.3) is 6.08 Å². The van der Waals surface area contributed by atoms with Crippen LogP contribution in [0.1, 0.15) is 81.6 Å². The highest BCUT2D eigenvalue weighted by Crippen LogP contribution is 2.59. The maximum absolute atomic E-state index is 13.7. The highest BCUT2D eigenvalue weighted by molar-refractivity contribution is 5.94. The van der Waals surface area contributed by atoms with Gasteiger partial charge in [-0.1, -0.05) is 24.3 Å². The van der Waals surface area contributed by atoms with Gasteiger partial charge in [0, 0.05) is 30.3 Å². The molecule has 15 heteroatoms. The number of hydrogen-bond acceptors (Lipinski definition) is 14. The minimum absolute atomic E-state index is 0.00847. The number of fused-ring (bicyclic) bond motifs is 1. The summed E-state index contributed by atoms with van der Waals surface area (Å²) in [6.07, 6.45) is 0.0886. The van der Waals surface area contributed by atoms with Crippen LogP contribution in [0.15, 0.2) is 42.0 Å². The van der Waals surface area contributed by atoms with Crippen LogP contribution in [0.4, 0.5) is 0 Å². The van der Waals surface area contributed by atoms with Gasteiger partial charge in [-0.2, -0.15) is 0 Å². The molecule has 2 saturated heterocycles. The van der Waals surface area contributed by atoms with Gasteiger partial charge in [0.2, 0.25) is 5.91 Å². The number of aliphatic hydroxyl groups is 5. The Labute approximate surface area is 314 Å². The predicted octanol–water partition coefficient (Wildman–Crippen LogP) is 1.27. The number of nitrogens with one attached hydrogen (secondary N) is 1. The molecule has 9 atom stereocenters. The standard InChI is InChI=1S/C39H53NO14/c1-38(2,3)53-30(43)14-13-26(19-41)40-35(47)23-17-27(34-28(18-23)52-39(54-34,24-9-10-24)25-11-12-25)50-36(48)22-8-4-6-21(16-22)7-5-15-49-37-33(46)32(45)31(44)29(20-42)51-37/h4-8,16,18,24-29,31-34,37,41-42,44-46H,9-15,17,19-20H2,1-3H3,(H,40,47)/t26-,27+,28+,29+,31-,32-,33+,34-,37-/m0/s1. The molecule has 15 nitrogen and oxygen atoms in total. The maximum Gasteiger partial charge on any atom is 0.338 e. The molecule has 1 aromatic rings. The van der Waals surface area contributed by atoms with Crippen molar-refractivity contribution in [2.24, 2.45) is 11.8 Å². The third kappa shape index (κ3) is 9.57. The lowest BCUT2D eigenvalue weighted by Crippen LogP contribution is -2.59. The second-order valence-corrected chi connectivity index (χ2v) is 15.8. The van der Waals surface area contributed by atoms with E-state index in [4.69, 9.17) is 28.4 Å². The molecular weight excluding hydrogens is 706 g/mol. The second kappa shape index (κ2) is 16.9. The van der Waals surface area contributed by atoms with Crippen molar-refractivity contribution in [1.29, 1.82) is 0 Å². The van der Waals surface area contributed by atoms with Gasteiger partial charge in [-0.3, -0.25) is 9.59 Å². The number of carbonyl (C=O) groups excluding carboxylic acids is 3. The molecule has 0 unspecified atom stereocenters. The maximum atomic E-state index is 13.7. The van der Waals surface area contributed by atoms with Crippen LogP contribution in [-0.2, 0) is 38.0 Å². The third-order valence-electron chi connectivity index (χ3n) is 10.3. The number of benzene rings is 1. The van der Waals surface area contributed by atoms with E-state index in [-0.39, 0.29) is 49.9 Å². The van der Waals surface area contributed by atoms with Crippen LogP contribution >= 0.6 is 0 Å². The number of ether oxygens (including phenoxy) is 6. The molecule has 6 rings (SSSR count). The van der Waals surface area contributed by atoms with Crippen molar-refractivity contribution in [3.05, 3.63) is 53.1 Å². The van der Waals surface area contributed by atoms with Crippen molar-refractivity contribution in [2.75, 3.05) is 19.8 Å². The van der Waals surface area contributed by atoms with Gasteiger partial charge in [0.05, 0.1) is 31.4 Å². The topological polar surface area (TPSA) is 220 Å². The highest BCUT2D eigenvalue weighted by Gasteiger charge is 2.64. The Hall–Kier alpha value is -3.25. The van der Waals surface area contributed by atoms with Gasteiger partial charge in [-0.25, -0.2) is 4.79 Å². The summed E-state index contributed by atoms with van der Waals surface area (Å²) in [5, 5.41) is 52.4. The van der Waals surface area contributed by atoms with E-state index < -0.39 is 90.9 Å². The summed E-state index contributed by atoms with van der Waals surface area (Å²) < 4.78 is 35.7. The van der Waals surface area contributed by atoms with Gasteiger partial charge >= 0.3 is 11.9 Å². The van der Waals surface area contributed by atoms with Gasteiger partial charge in [0.1, 0.15) is 48.3 Å². The Morgan fingerprint density at radius 1 is 1.02 bits per heavy atom. The minimum atomic E-state index is -1.55. The molecule has 2 aliphatic heterocycles. The molecule has 0 spiro atoms. The first-order valence-electron chi connectivity index (χ1n) is 18.8. The fraction of sp³-hybridized carbons (Fsp3) is 0.667. The number of carbonyl (C=O) groups is 3. The Morgan fingerprint density at radius 3 is 2.39 bits per heavy atom. The van der Waals surface area contributed by atoms with E-state index in [1.54, 1.807) is 63.3 Å². The van der Waals surface area contributed by atoms with Gasteiger partial charge in [-0.15, -0.1) is 0 Å². The zero-order chi connectivity index (χ0) is 38.8. The third-order valence-corrected chi connectivity index (χ3v) is 10.3. The zero-order valence-corrected chi connectivity index (χ0v) is 30.9. The molecule has 1 aromatic carbocycles. The Kier molecular flexibility index (Phi) is 12.6. The molecule has 2 heterocycles. The first-order valence-corrected chi connectivity index (χ1v) is 18.8. The molecule has 0 aromatic heterocycles. The highest BCUT2D eigenvalue weighted by atomic mass is 16.8. The average Bonchev–Trinajstić information content (AvgIpc) is 4.08. The van der Waals surface area contributed by atoms with E-state index in [9.17, 15) is 39.9 Å². The van der Waals surface area contributed by atoms with E-state index in [1.807, 2.05) is 0 Å². The van der Waals surface area contributed by atoms with Crippen molar-refractivity contribution in [3.8, 4) is 0 Å². The average molecular weight is 760 g/mol. The predicted molar refractivity (Wildman–Crippen MR) is 189 cm³/mol. The summed E-state index contributed by atoms with van der Waals surface area (Å²) in [7, 11) is 0. The summed E-state index contributed by atoms with van der Waals surface area (Å²) in [5.41, 5.74) is 0.553. The summed E-state index contributed by atoms with van der Waals surface area (Å²) in [5.74, 6) is -1.84. The minimum Gasteiger partial charge on any atom is -0.460 e. The van der Waals surface area contributed by atoms with E-state index in [2.05, 4.69) is 5.32 Å². The molecular formula is C39H53NO14. The van der Waals surface area contributed by atoms with E-state index >= 15 is 0 Å². The molecule has 298 valence electrons. The first-order chi connectivity index (χ1) is 25.7. The molecule has 6 N–H and O–H groups in total. The smallest absolute Gasteiger partial charge is 0.338 e. The first kappa shape index (κ1) is 40.4. The number of esters is 2. The number of amides is 1. The van der Waals surface area contributed by atoms with Crippen LogP contribution < -0.4 is 5.32 Å².